The van der Waals surface area contributed by atoms with E-state index in [0.29, 0.717) is 23.5 Å². The van der Waals surface area contributed by atoms with E-state index in [-0.39, 0.29) is 5.92 Å². The monoisotopic (exact) mass is 345 g/mol. The fourth-order valence-corrected chi connectivity index (χ4v) is 2.36. The summed E-state index contributed by atoms with van der Waals surface area (Å²) in [6, 6.07) is 3.71. The molecular weight excluding hydrogens is 326 g/mol. The van der Waals surface area contributed by atoms with Crippen molar-refractivity contribution in [3.8, 4) is 0 Å². The Hall–Kier alpha value is -2.41. The number of nitrogens with zero attached hydrogens (tertiary/aromatic N) is 6. The maximum absolute atomic E-state index is 6.00. The minimum atomic E-state index is 0.226. The number of hydrogen-bond acceptors (Lipinski definition) is 6. The van der Waals surface area contributed by atoms with E-state index >= 15 is 0 Å². The number of pyridine rings is 1. The molecule has 3 aromatic rings. The molecule has 0 aliphatic carbocycles. The highest BCUT2D eigenvalue weighted by Gasteiger charge is 2.11. The topological polar surface area (TPSA) is 71.2 Å². The van der Waals surface area contributed by atoms with Gasteiger partial charge in [0.15, 0.2) is 0 Å². The summed E-state index contributed by atoms with van der Waals surface area (Å²) in [6.07, 6.45) is 3.77. The van der Waals surface area contributed by atoms with Gasteiger partial charge in [0.2, 0.25) is 11.9 Å². The van der Waals surface area contributed by atoms with E-state index in [4.69, 9.17) is 11.6 Å². The number of aromatic nitrogens is 5. The van der Waals surface area contributed by atoms with E-state index in [1.54, 1.807) is 0 Å². The molecule has 3 rings (SSSR count). The van der Waals surface area contributed by atoms with Gasteiger partial charge in [-0.15, -0.1) is 0 Å². The molecule has 24 heavy (non-hydrogen) atoms. The summed E-state index contributed by atoms with van der Waals surface area (Å²) in [5.41, 5.74) is 1.74. The molecule has 0 aliphatic rings. The predicted octanol–water partition coefficient (Wildman–Crippen LogP) is 2.97. The molecule has 0 fully saturated rings. The minimum absolute atomic E-state index is 0.226. The average molecular weight is 346 g/mol. The first kappa shape index (κ1) is 16.4. The highest BCUT2D eigenvalue weighted by molar-refractivity contribution is 6.30. The molecule has 8 heteroatoms. The van der Waals surface area contributed by atoms with Crippen molar-refractivity contribution in [1.82, 2.24) is 24.3 Å². The molecular formula is C16H20ClN7. The first-order valence-corrected chi connectivity index (χ1v) is 8.10. The van der Waals surface area contributed by atoms with Gasteiger partial charge < -0.3 is 14.6 Å². The van der Waals surface area contributed by atoms with Crippen LogP contribution in [0.15, 0.2) is 24.5 Å². The van der Waals surface area contributed by atoms with Crippen LogP contribution in [0.3, 0.4) is 0 Å². The molecule has 0 saturated carbocycles. The fourth-order valence-electron chi connectivity index (χ4n) is 2.19. The van der Waals surface area contributed by atoms with Gasteiger partial charge in [-0.05, 0) is 12.1 Å². The predicted molar refractivity (Wildman–Crippen MR) is 95.8 cm³/mol. The van der Waals surface area contributed by atoms with Crippen LogP contribution in [0.25, 0.3) is 5.65 Å². The number of fused-ring (bicyclic) bond motifs is 1. The lowest BCUT2D eigenvalue weighted by atomic mass is 10.2. The quantitative estimate of drug-likeness (QED) is 0.766. The van der Waals surface area contributed by atoms with Crippen molar-refractivity contribution in [2.45, 2.75) is 26.3 Å². The van der Waals surface area contributed by atoms with Crippen LogP contribution in [-0.4, -0.2) is 38.4 Å². The average Bonchev–Trinajstić information content (AvgIpc) is 2.94. The Labute approximate surface area is 145 Å². The zero-order valence-corrected chi connectivity index (χ0v) is 14.9. The minimum Gasteiger partial charge on any atom is -0.348 e. The van der Waals surface area contributed by atoms with Crippen LogP contribution >= 0.6 is 11.6 Å². The molecule has 0 aliphatic heterocycles. The van der Waals surface area contributed by atoms with Gasteiger partial charge in [-0.1, -0.05) is 25.4 Å². The summed E-state index contributed by atoms with van der Waals surface area (Å²) in [7, 11) is 3.82. The van der Waals surface area contributed by atoms with Gasteiger partial charge in [0.1, 0.15) is 11.5 Å². The molecule has 0 atom stereocenters. The normalized spacial score (nSPS) is 11.2. The van der Waals surface area contributed by atoms with Crippen LogP contribution in [0, 0.1) is 0 Å². The van der Waals surface area contributed by atoms with Gasteiger partial charge in [0.05, 0.1) is 17.3 Å². The van der Waals surface area contributed by atoms with Crippen molar-refractivity contribution >= 4 is 29.1 Å². The zero-order chi connectivity index (χ0) is 17.3. The third kappa shape index (κ3) is 3.56. The number of imidazole rings is 1. The van der Waals surface area contributed by atoms with Crippen LogP contribution in [0.2, 0.25) is 5.02 Å². The van der Waals surface area contributed by atoms with Crippen LogP contribution in [0.1, 0.15) is 31.3 Å². The van der Waals surface area contributed by atoms with E-state index < -0.39 is 0 Å². The number of nitrogens with one attached hydrogen (secondary N) is 1. The Bertz CT molecular complexity index is 831. The molecule has 0 saturated heterocycles. The Morgan fingerprint density at radius 1 is 1.12 bits per heavy atom. The largest absolute Gasteiger partial charge is 0.348 e. The van der Waals surface area contributed by atoms with Crippen LogP contribution in [0.4, 0.5) is 11.9 Å². The highest BCUT2D eigenvalue weighted by Crippen LogP contribution is 2.16. The van der Waals surface area contributed by atoms with E-state index in [1.165, 1.54) is 0 Å². The molecule has 0 aromatic carbocycles. The number of hydrogen-bond donors (Lipinski definition) is 1. The van der Waals surface area contributed by atoms with Crippen molar-refractivity contribution in [2.24, 2.45) is 0 Å². The second-order valence-electron chi connectivity index (χ2n) is 6.06. The summed E-state index contributed by atoms with van der Waals surface area (Å²) in [5.74, 6) is 2.17. The maximum Gasteiger partial charge on any atom is 0.229 e. The second-order valence-corrected chi connectivity index (χ2v) is 6.50. The molecule has 0 bridgehead atoms. The smallest absolute Gasteiger partial charge is 0.229 e. The molecule has 7 nitrogen and oxygen atoms in total. The first-order valence-electron chi connectivity index (χ1n) is 7.72. The summed E-state index contributed by atoms with van der Waals surface area (Å²) in [5, 5.41) is 3.90. The number of rotatable bonds is 5. The first-order chi connectivity index (χ1) is 11.4. The van der Waals surface area contributed by atoms with E-state index in [1.807, 2.05) is 47.9 Å². The third-order valence-corrected chi connectivity index (χ3v) is 3.67. The molecule has 0 unspecified atom stereocenters. The van der Waals surface area contributed by atoms with Gasteiger partial charge in [-0.25, -0.2) is 4.98 Å². The molecule has 3 heterocycles. The Morgan fingerprint density at radius 2 is 1.92 bits per heavy atom. The fraction of sp³-hybridized carbons (Fsp3) is 0.375. The lowest BCUT2D eigenvalue weighted by Crippen LogP contribution is -2.17. The van der Waals surface area contributed by atoms with E-state index in [2.05, 4.69) is 39.1 Å². The summed E-state index contributed by atoms with van der Waals surface area (Å²) < 4.78 is 1.90. The lowest BCUT2D eigenvalue weighted by Gasteiger charge is -2.14. The Balaban J connectivity index is 1.82. The lowest BCUT2D eigenvalue weighted by molar-refractivity contribution is 0.754. The van der Waals surface area contributed by atoms with Gasteiger partial charge in [0.25, 0.3) is 0 Å². The highest BCUT2D eigenvalue weighted by atomic mass is 35.5. The Morgan fingerprint density at radius 3 is 2.62 bits per heavy atom. The van der Waals surface area contributed by atoms with Gasteiger partial charge in [-0.3, -0.25) is 0 Å². The van der Waals surface area contributed by atoms with Gasteiger partial charge in [-0.2, -0.15) is 15.0 Å². The molecule has 126 valence electrons. The second kappa shape index (κ2) is 6.60. The van der Waals surface area contributed by atoms with Crippen molar-refractivity contribution < 1.29 is 0 Å². The molecule has 0 amide bonds. The summed E-state index contributed by atoms with van der Waals surface area (Å²) in [6.45, 7) is 4.64. The van der Waals surface area contributed by atoms with Gasteiger partial charge in [0, 0.05) is 32.4 Å². The SMILES string of the molecule is CC(C)c1nc(NCc2cn3cc(Cl)ccc3n2)nc(N(C)C)n1. The van der Waals surface area contributed by atoms with Gasteiger partial charge >= 0.3 is 0 Å². The van der Waals surface area contributed by atoms with Crippen molar-refractivity contribution in [3.05, 3.63) is 41.1 Å². The molecule has 3 aromatic heterocycles. The molecule has 1 N–H and O–H groups in total. The molecule has 0 radical (unpaired) electrons. The van der Waals surface area contributed by atoms with Crippen molar-refractivity contribution in [1.29, 1.82) is 0 Å². The van der Waals surface area contributed by atoms with Crippen LogP contribution in [0.5, 0.6) is 0 Å². The van der Waals surface area contributed by atoms with Crippen molar-refractivity contribution in [2.75, 3.05) is 24.3 Å². The number of halogens is 1. The third-order valence-electron chi connectivity index (χ3n) is 3.45. The van der Waals surface area contributed by atoms with E-state index in [9.17, 15) is 0 Å². The zero-order valence-electron chi connectivity index (χ0n) is 14.2. The maximum atomic E-state index is 6.00. The van der Waals surface area contributed by atoms with E-state index in [0.717, 1.165) is 17.2 Å². The standard InChI is InChI=1S/C16H20ClN7/c1-10(2)14-20-15(22-16(21-14)23(3)4)18-7-12-9-24-8-11(17)5-6-13(24)19-12/h5-6,8-10H,7H2,1-4H3,(H,18,20,21,22). The molecule has 0 spiro atoms. The van der Waals surface area contributed by atoms with Crippen molar-refractivity contribution in [3.63, 3.8) is 0 Å². The summed E-state index contributed by atoms with van der Waals surface area (Å²) >= 11 is 6.00. The number of anilines is 2. The van der Waals surface area contributed by atoms with Crippen LogP contribution < -0.4 is 10.2 Å². The summed E-state index contributed by atoms with van der Waals surface area (Å²) in [4.78, 5) is 19.8. The Kier molecular flexibility index (Phi) is 4.53. The van der Waals surface area contributed by atoms with Crippen LogP contribution in [-0.2, 0) is 6.54 Å².